The van der Waals surface area contributed by atoms with Gasteiger partial charge in [-0.1, -0.05) is 43.7 Å². The Labute approximate surface area is 104 Å². The summed E-state index contributed by atoms with van der Waals surface area (Å²) < 4.78 is 0. The molecule has 0 aromatic heterocycles. The minimum Gasteiger partial charge on any atom is -0.300 e. The van der Waals surface area contributed by atoms with Crippen LogP contribution in [0, 0.1) is 5.92 Å². The average Bonchev–Trinajstić information content (AvgIpc) is 2.75. The molecule has 92 valence electrons. The van der Waals surface area contributed by atoms with Crippen LogP contribution in [0.25, 0.3) is 0 Å². The molecule has 1 nitrogen and oxygen atoms in total. The molecule has 1 aromatic rings. The summed E-state index contributed by atoms with van der Waals surface area (Å²) in [6.45, 7) is 2.25. The number of carbonyl (C=O) groups excluding carboxylic acids is 1. The van der Waals surface area contributed by atoms with Gasteiger partial charge in [0.25, 0.3) is 0 Å². The summed E-state index contributed by atoms with van der Waals surface area (Å²) in [6, 6.07) is 10.8. The van der Waals surface area contributed by atoms with Crippen LogP contribution in [-0.4, -0.2) is 5.78 Å². The number of Topliss-reactive ketones (excluding diaryl/α,β-unsaturated/α-hetero) is 1. The average molecular weight is 230 g/mol. The molecule has 0 aliphatic heterocycles. The van der Waals surface area contributed by atoms with Crippen LogP contribution < -0.4 is 0 Å². The molecule has 0 spiro atoms. The van der Waals surface area contributed by atoms with Gasteiger partial charge in [-0.3, -0.25) is 4.79 Å². The summed E-state index contributed by atoms with van der Waals surface area (Å²) in [5.74, 6) is 1.76. The van der Waals surface area contributed by atoms with Crippen LogP contribution in [0.5, 0.6) is 0 Å². The molecule has 0 amide bonds. The van der Waals surface area contributed by atoms with E-state index in [1.165, 1.54) is 24.8 Å². The normalized spacial score (nSPS) is 21.7. The predicted molar refractivity (Wildman–Crippen MR) is 71.1 cm³/mol. The topological polar surface area (TPSA) is 17.1 Å². The van der Waals surface area contributed by atoms with Gasteiger partial charge < -0.3 is 0 Å². The first kappa shape index (κ1) is 12.3. The molecule has 0 radical (unpaired) electrons. The Morgan fingerprint density at radius 2 is 2.06 bits per heavy atom. The molecule has 2 atom stereocenters. The van der Waals surface area contributed by atoms with Crippen molar-refractivity contribution in [2.75, 3.05) is 0 Å². The van der Waals surface area contributed by atoms with Gasteiger partial charge in [0.2, 0.25) is 0 Å². The summed E-state index contributed by atoms with van der Waals surface area (Å²) in [4.78, 5) is 11.3. The number of ketones is 1. The highest BCUT2D eigenvalue weighted by atomic mass is 16.1. The molecule has 0 heterocycles. The Morgan fingerprint density at radius 3 is 2.65 bits per heavy atom. The number of benzene rings is 1. The minimum atomic E-state index is 0.471. The maximum absolute atomic E-state index is 11.3. The molecular weight excluding hydrogens is 208 g/mol. The van der Waals surface area contributed by atoms with Gasteiger partial charge >= 0.3 is 0 Å². The first-order valence-corrected chi connectivity index (χ1v) is 6.86. The van der Waals surface area contributed by atoms with E-state index in [0.717, 1.165) is 19.3 Å². The molecule has 1 saturated carbocycles. The largest absolute Gasteiger partial charge is 0.300 e. The predicted octanol–water partition coefficient (Wildman–Crippen LogP) is 4.33. The number of carbonyl (C=O) groups is 1. The van der Waals surface area contributed by atoms with E-state index in [0.29, 0.717) is 17.6 Å². The number of rotatable bonds is 5. The molecular formula is C16H22O. The van der Waals surface area contributed by atoms with Crippen molar-refractivity contribution in [1.29, 1.82) is 0 Å². The Morgan fingerprint density at radius 1 is 1.29 bits per heavy atom. The van der Waals surface area contributed by atoms with Crippen molar-refractivity contribution in [3.63, 3.8) is 0 Å². The second kappa shape index (κ2) is 6.00. The zero-order valence-electron chi connectivity index (χ0n) is 10.7. The summed E-state index contributed by atoms with van der Waals surface area (Å²) in [5.41, 5.74) is 1.45. The second-order valence-corrected chi connectivity index (χ2v) is 5.28. The molecule has 1 aliphatic carbocycles. The fourth-order valence-corrected chi connectivity index (χ4v) is 2.99. The molecule has 0 saturated heterocycles. The van der Waals surface area contributed by atoms with E-state index in [4.69, 9.17) is 0 Å². The quantitative estimate of drug-likeness (QED) is 0.735. The molecule has 2 unspecified atom stereocenters. The van der Waals surface area contributed by atoms with Gasteiger partial charge in [0.15, 0.2) is 0 Å². The molecule has 0 bridgehead atoms. The van der Waals surface area contributed by atoms with Crippen LogP contribution >= 0.6 is 0 Å². The van der Waals surface area contributed by atoms with Gasteiger partial charge in [0.05, 0.1) is 0 Å². The lowest BCUT2D eigenvalue weighted by atomic mass is 9.85. The van der Waals surface area contributed by atoms with Crippen molar-refractivity contribution in [2.45, 2.75) is 51.4 Å². The van der Waals surface area contributed by atoms with Crippen LogP contribution in [0.3, 0.4) is 0 Å². The fourth-order valence-electron chi connectivity index (χ4n) is 2.99. The highest BCUT2D eigenvalue weighted by Crippen LogP contribution is 2.34. The van der Waals surface area contributed by atoms with Crippen LogP contribution in [0.15, 0.2) is 30.3 Å². The van der Waals surface area contributed by atoms with Gasteiger partial charge in [-0.25, -0.2) is 0 Å². The Balaban J connectivity index is 2.00. The third kappa shape index (κ3) is 3.42. The molecule has 1 aromatic carbocycles. The third-order valence-corrected chi connectivity index (χ3v) is 3.87. The highest BCUT2D eigenvalue weighted by Gasteiger charge is 2.25. The van der Waals surface area contributed by atoms with E-state index < -0.39 is 0 Å². The molecule has 1 aliphatic rings. The summed E-state index contributed by atoms with van der Waals surface area (Å²) in [6.07, 6.45) is 6.43. The fraction of sp³-hybridized carbons (Fsp3) is 0.562. The van der Waals surface area contributed by atoms with E-state index in [9.17, 15) is 4.79 Å². The maximum atomic E-state index is 11.3. The first-order chi connectivity index (χ1) is 8.29. The van der Waals surface area contributed by atoms with Crippen LogP contribution in [0.2, 0.25) is 0 Å². The summed E-state index contributed by atoms with van der Waals surface area (Å²) >= 11 is 0. The van der Waals surface area contributed by atoms with Gasteiger partial charge in [0, 0.05) is 12.8 Å². The monoisotopic (exact) mass is 230 g/mol. The lowest BCUT2D eigenvalue weighted by Gasteiger charge is -2.20. The lowest BCUT2D eigenvalue weighted by Crippen LogP contribution is -2.05. The van der Waals surface area contributed by atoms with Crippen molar-refractivity contribution < 1.29 is 4.79 Å². The third-order valence-electron chi connectivity index (χ3n) is 3.87. The van der Waals surface area contributed by atoms with Gasteiger partial charge in [-0.05, 0) is 36.7 Å². The van der Waals surface area contributed by atoms with Crippen molar-refractivity contribution in [3.05, 3.63) is 35.9 Å². The second-order valence-electron chi connectivity index (χ2n) is 5.28. The van der Waals surface area contributed by atoms with E-state index in [1.54, 1.807) is 0 Å². The van der Waals surface area contributed by atoms with Crippen molar-refractivity contribution in [1.82, 2.24) is 0 Å². The lowest BCUT2D eigenvalue weighted by molar-refractivity contribution is -0.117. The molecule has 2 rings (SSSR count). The number of hydrogen-bond donors (Lipinski definition) is 0. The maximum Gasteiger partial charge on any atom is 0.133 e. The molecule has 1 fully saturated rings. The highest BCUT2D eigenvalue weighted by molar-refractivity contribution is 5.80. The summed E-state index contributed by atoms with van der Waals surface area (Å²) in [7, 11) is 0. The SMILES string of the molecule is CCCC(CC1CCC(=O)C1)c1ccccc1. The van der Waals surface area contributed by atoms with E-state index in [1.807, 2.05) is 0 Å². The van der Waals surface area contributed by atoms with E-state index in [2.05, 4.69) is 37.3 Å². The molecule has 17 heavy (non-hydrogen) atoms. The van der Waals surface area contributed by atoms with Crippen molar-refractivity contribution in [3.8, 4) is 0 Å². The van der Waals surface area contributed by atoms with Gasteiger partial charge in [0.1, 0.15) is 5.78 Å². The van der Waals surface area contributed by atoms with Crippen LogP contribution in [0.4, 0.5) is 0 Å². The zero-order chi connectivity index (χ0) is 12.1. The summed E-state index contributed by atoms with van der Waals surface area (Å²) in [5, 5.41) is 0. The Hall–Kier alpha value is -1.11. The zero-order valence-corrected chi connectivity index (χ0v) is 10.7. The Kier molecular flexibility index (Phi) is 4.36. The van der Waals surface area contributed by atoms with Crippen molar-refractivity contribution in [2.24, 2.45) is 5.92 Å². The van der Waals surface area contributed by atoms with Gasteiger partial charge in [-0.15, -0.1) is 0 Å². The molecule has 1 heteroatoms. The van der Waals surface area contributed by atoms with E-state index in [-0.39, 0.29) is 0 Å². The van der Waals surface area contributed by atoms with Crippen LogP contribution in [0.1, 0.15) is 56.9 Å². The smallest absolute Gasteiger partial charge is 0.133 e. The Bertz CT molecular complexity index is 355. The van der Waals surface area contributed by atoms with Crippen LogP contribution in [-0.2, 0) is 4.79 Å². The minimum absolute atomic E-state index is 0.471. The standard InChI is InChI=1S/C16H22O/c1-2-6-15(14-7-4-3-5-8-14)11-13-9-10-16(17)12-13/h3-5,7-8,13,15H,2,6,9-12H2,1H3. The van der Waals surface area contributed by atoms with E-state index >= 15 is 0 Å². The number of hydrogen-bond acceptors (Lipinski definition) is 1. The van der Waals surface area contributed by atoms with Gasteiger partial charge in [-0.2, -0.15) is 0 Å². The van der Waals surface area contributed by atoms with Crippen molar-refractivity contribution >= 4 is 5.78 Å². The first-order valence-electron chi connectivity index (χ1n) is 6.86. The molecule has 0 N–H and O–H groups in total.